The molecule has 2 heterocycles. The van der Waals surface area contributed by atoms with Crippen molar-refractivity contribution in [2.45, 2.75) is 38.9 Å². The van der Waals surface area contributed by atoms with E-state index in [9.17, 15) is 0 Å². The van der Waals surface area contributed by atoms with Gasteiger partial charge in [-0.3, -0.25) is 0 Å². The molecule has 0 fully saturated rings. The second-order valence-corrected chi connectivity index (χ2v) is 11.7. The van der Waals surface area contributed by atoms with Gasteiger partial charge in [-0.2, -0.15) is 0 Å². The van der Waals surface area contributed by atoms with Crippen LogP contribution in [-0.2, 0) is 20.2 Å². The van der Waals surface area contributed by atoms with E-state index in [1.54, 1.807) is 0 Å². The van der Waals surface area contributed by atoms with Crippen LogP contribution in [0.4, 0.5) is 0 Å². The summed E-state index contributed by atoms with van der Waals surface area (Å²) in [5.41, 5.74) is 1.83. The summed E-state index contributed by atoms with van der Waals surface area (Å²) in [5.74, 6) is 0. The molecule has 0 unspecified atom stereocenters. The zero-order valence-electron chi connectivity index (χ0n) is 13.9. The summed E-state index contributed by atoms with van der Waals surface area (Å²) in [6, 6.07) is 17.1. The molecule has 0 saturated heterocycles. The molecule has 116 valence electrons. The maximum absolute atomic E-state index is 6.83. The fraction of sp³-hybridized carbons (Fsp3) is 0.368. The molecule has 0 radical (unpaired) electrons. The van der Waals surface area contributed by atoms with Gasteiger partial charge in [0, 0.05) is 0 Å². The van der Waals surface area contributed by atoms with E-state index in [0.717, 1.165) is 0 Å². The van der Waals surface area contributed by atoms with Gasteiger partial charge in [-0.1, -0.05) is 0 Å². The van der Waals surface area contributed by atoms with Crippen molar-refractivity contribution in [2.24, 2.45) is 0 Å². The first-order chi connectivity index (χ1) is 10.2. The standard InChI is InChI=1S/C19H23O2P/c1-18(2)14-10-6-8-12-16(14)22(5,20-18)17-13-9-7-11-15(17)19(3,4)21-22/h6-13H,1-5H3. The van der Waals surface area contributed by atoms with E-state index < -0.39 is 7.06 Å². The number of rotatable bonds is 0. The molecule has 0 aromatic heterocycles. The van der Waals surface area contributed by atoms with Crippen molar-refractivity contribution >= 4 is 17.7 Å². The van der Waals surface area contributed by atoms with Gasteiger partial charge in [0.15, 0.2) is 0 Å². The average molecular weight is 314 g/mol. The maximum atomic E-state index is 6.83. The monoisotopic (exact) mass is 314 g/mol. The van der Waals surface area contributed by atoms with E-state index in [1.807, 2.05) is 0 Å². The Hall–Kier alpha value is -1.21. The van der Waals surface area contributed by atoms with Crippen LogP contribution in [0.3, 0.4) is 0 Å². The van der Waals surface area contributed by atoms with Crippen molar-refractivity contribution in [3.63, 3.8) is 0 Å². The fourth-order valence-corrected chi connectivity index (χ4v) is 10.2. The first kappa shape index (κ1) is 14.4. The molecule has 0 amide bonds. The number of benzene rings is 2. The van der Waals surface area contributed by atoms with E-state index in [4.69, 9.17) is 9.05 Å². The van der Waals surface area contributed by atoms with Crippen LogP contribution in [0.25, 0.3) is 0 Å². The molecule has 0 bridgehead atoms. The van der Waals surface area contributed by atoms with Crippen molar-refractivity contribution in [2.75, 3.05) is 6.66 Å². The van der Waals surface area contributed by atoms with Gasteiger partial charge >= 0.3 is 132 Å². The van der Waals surface area contributed by atoms with Crippen LogP contribution in [0.1, 0.15) is 38.8 Å². The Morgan fingerprint density at radius 1 is 0.682 bits per heavy atom. The minimum atomic E-state index is -3.08. The third-order valence-electron chi connectivity index (χ3n) is 5.12. The van der Waals surface area contributed by atoms with Crippen molar-refractivity contribution < 1.29 is 9.05 Å². The van der Waals surface area contributed by atoms with Gasteiger partial charge in [0.05, 0.1) is 0 Å². The number of fused-ring (bicyclic) bond motifs is 4. The van der Waals surface area contributed by atoms with E-state index in [2.05, 4.69) is 82.9 Å². The van der Waals surface area contributed by atoms with Gasteiger partial charge in [0.25, 0.3) is 0 Å². The van der Waals surface area contributed by atoms with Crippen molar-refractivity contribution in [1.29, 1.82) is 0 Å². The molecule has 0 atom stereocenters. The second kappa shape index (κ2) is 3.82. The van der Waals surface area contributed by atoms with Gasteiger partial charge in [0.1, 0.15) is 0 Å². The normalized spacial score (nSPS) is 26.9. The van der Waals surface area contributed by atoms with Crippen molar-refractivity contribution in [3.05, 3.63) is 59.7 Å². The molecule has 2 nitrogen and oxygen atoms in total. The molecular weight excluding hydrogens is 291 g/mol. The summed E-state index contributed by atoms with van der Waals surface area (Å²) in [5, 5.41) is 2.49. The Morgan fingerprint density at radius 2 is 1.05 bits per heavy atom. The Kier molecular flexibility index (Phi) is 2.50. The summed E-state index contributed by atoms with van der Waals surface area (Å²) >= 11 is 0. The molecule has 4 rings (SSSR count). The third-order valence-corrected chi connectivity index (χ3v) is 9.92. The summed E-state index contributed by atoms with van der Waals surface area (Å²) in [4.78, 5) is 0. The van der Waals surface area contributed by atoms with Crippen LogP contribution < -0.4 is 10.6 Å². The van der Waals surface area contributed by atoms with Gasteiger partial charge in [-0.25, -0.2) is 0 Å². The third kappa shape index (κ3) is 1.51. The Bertz CT molecular complexity index is 726. The van der Waals surface area contributed by atoms with E-state index >= 15 is 0 Å². The quantitative estimate of drug-likeness (QED) is 0.679. The molecule has 0 aliphatic carbocycles. The van der Waals surface area contributed by atoms with Gasteiger partial charge in [-0.15, -0.1) is 0 Å². The molecule has 0 saturated carbocycles. The van der Waals surface area contributed by atoms with Crippen molar-refractivity contribution in [3.8, 4) is 0 Å². The van der Waals surface area contributed by atoms with Crippen LogP contribution in [0.15, 0.2) is 48.5 Å². The predicted molar refractivity (Wildman–Crippen MR) is 93.2 cm³/mol. The molecule has 0 N–H and O–H groups in total. The molecule has 2 aromatic rings. The van der Waals surface area contributed by atoms with E-state index in [-0.39, 0.29) is 11.2 Å². The van der Waals surface area contributed by atoms with Crippen LogP contribution in [0, 0.1) is 0 Å². The van der Waals surface area contributed by atoms with Gasteiger partial charge in [-0.05, 0) is 0 Å². The Balaban J connectivity index is 2.13. The molecule has 1 spiro atoms. The Morgan fingerprint density at radius 3 is 1.45 bits per heavy atom. The Labute approximate surface area is 132 Å². The number of hydrogen-bond acceptors (Lipinski definition) is 2. The summed E-state index contributed by atoms with van der Waals surface area (Å²) < 4.78 is 13.7. The first-order valence-electron chi connectivity index (χ1n) is 7.82. The van der Waals surface area contributed by atoms with Gasteiger partial charge < -0.3 is 0 Å². The zero-order chi connectivity index (χ0) is 15.8. The summed E-state index contributed by atoms with van der Waals surface area (Å²) in [7, 11) is -3.08. The second-order valence-electron chi connectivity index (χ2n) is 7.60. The van der Waals surface area contributed by atoms with Crippen LogP contribution in [-0.4, -0.2) is 6.66 Å². The molecule has 2 aliphatic heterocycles. The van der Waals surface area contributed by atoms with E-state index in [0.29, 0.717) is 0 Å². The van der Waals surface area contributed by atoms with E-state index in [1.165, 1.54) is 21.7 Å². The van der Waals surface area contributed by atoms with Crippen LogP contribution in [0.2, 0.25) is 0 Å². The van der Waals surface area contributed by atoms with Crippen molar-refractivity contribution in [1.82, 2.24) is 0 Å². The predicted octanol–water partition coefficient (Wildman–Crippen LogP) is 4.18. The molecule has 3 heteroatoms. The molecule has 2 aromatic carbocycles. The molecular formula is C19H23O2P. The van der Waals surface area contributed by atoms with Crippen LogP contribution >= 0.6 is 7.06 Å². The van der Waals surface area contributed by atoms with Gasteiger partial charge in [0.2, 0.25) is 0 Å². The summed E-state index contributed by atoms with van der Waals surface area (Å²) in [6.07, 6.45) is 0. The molecule has 22 heavy (non-hydrogen) atoms. The molecule has 2 aliphatic rings. The minimum absolute atomic E-state index is 0.337. The first-order valence-corrected chi connectivity index (χ1v) is 10.3. The zero-order valence-corrected chi connectivity index (χ0v) is 14.8. The average Bonchev–Trinajstić information content (AvgIpc) is 2.76. The topological polar surface area (TPSA) is 18.5 Å². The van der Waals surface area contributed by atoms with Crippen LogP contribution in [0.5, 0.6) is 0 Å². The fourth-order valence-electron chi connectivity index (χ4n) is 4.41. The SMILES string of the molecule is CC1(C)OP2(C)(OC(C)(C)c3ccccc32)c2ccccc21. The summed E-state index contributed by atoms with van der Waals surface area (Å²) in [6.45, 7) is 10.8. The number of hydrogen-bond donors (Lipinski definition) is 0.